The van der Waals surface area contributed by atoms with Crippen LogP contribution in [-0.4, -0.2) is 43.3 Å². The fourth-order valence-electron chi connectivity index (χ4n) is 3.25. The lowest BCUT2D eigenvalue weighted by atomic mass is 10.1. The normalized spacial score (nSPS) is 11.5. The van der Waals surface area contributed by atoms with Crippen molar-refractivity contribution in [3.8, 4) is 17.0 Å². The van der Waals surface area contributed by atoms with E-state index in [2.05, 4.69) is 10.3 Å². The van der Waals surface area contributed by atoms with E-state index in [0.717, 1.165) is 21.9 Å². The molecule has 3 aromatic rings. The van der Waals surface area contributed by atoms with Crippen LogP contribution in [0.2, 0.25) is 0 Å². The molecule has 0 aliphatic heterocycles. The molecule has 1 amide bonds. The Morgan fingerprint density at radius 1 is 1.03 bits per heavy atom. The lowest BCUT2D eigenvalue weighted by molar-refractivity contribution is 0.102. The zero-order valence-corrected chi connectivity index (χ0v) is 20.2. The van der Waals surface area contributed by atoms with Crippen molar-refractivity contribution < 1.29 is 17.9 Å². The number of rotatable bonds is 9. The van der Waals surface area contributed by atoms with Gasteiger partial charge < -0.3 is 4.74 Å². The van der Waals surface area contributed by atoms with Gasteiger partial charge in [0.1, 0.15) is 5.75 Å². The predicted octanol–water partition coefficient (Wildman–Crippen LogP) is 4.80. The number of carbonyl (C=O) groups is 1. The smallest absolute Gasteiger partial charge is 0.257 e. The first kappa shape index (κ1) is 23.9. The SMILES string of the molecule is CCOc1ccc(-c2nc(NC(=O)c3ccc(S(=O)(=O)N(CC)CC)cc3)sc2C)cc1. The van der Waals surface area contributed by atoms with Crippen molar-refractivity contribution in [3.63, 3.8) is 0 Å². The number of nitrogens with one attached hydrogen (secondary N) is 1. The molecule has 7 nitrogen and oxygen atoms in total. The number of anilines is 1. The molecule has 9 heteroatoms. The lowest BCUT2D eigenvalue weighted by Gasteiger charge is -2.18. The van der Waals surface area contributed by atoms with E-state index in [1.807, 2.05) is 38.1 Å². The maximum Gasteiger partial charge on any atom is 0.257 e. The Morgan fingerprint density at radius 2 is 1.66 bits per heavy atom. The van der Waals surface area contributed by atoms with Gasteiger partial charge in [0, 0.05) is 29.1 Å². The molecule has 1 aromatic heterocycles. The molecule has 0 radical (unpaired) electrons. The summed E-state index contributed by atoms with van der Waals surface area (Å²) in [6.45, 7) is 8.85. The van der Waals surface area contributed by atoms with Crippen molar-refractivity contribution >= 4 is 32.4 Å². The molecular formula is C23H27N3O4S2. The van der Waals surface area contributed by atoms with Gasteiger partial charge in [0.05, 0.1) is 17.2 Å². The molecule has 170 valence electrons. The molecular weight excluding hydrogens is 446 g/mol. The number of benzene rings is 2. The van der Waals surface area contributed by atoms with Crippen LogP contribution in [0.25, 0.3) is 11.3 Å². The van der Waals surface area contributed by atoms with Crippen molar-refractivity contribution in [2.75, 3.05) is 25.0 Å². The molecule has 1 N–H and O–H groups in total. The third-order valence-electron chi connectivity index (χ3n) is 4.92. The van der Waals surface area contributed by atoms with Crippen LogP contribution in [0.5, 0.6) is 5.75 Å². The highest BCUT2D eigenvalue weighted by atomic mass is 32.2. The summed E-state index contributed by atoms with van der Waals surface area (Å²) in [6.07, 6.45) is 0. The van der Waals surface area contributed by atoms with Crippen molar-refractivity contribution in [3.05, 3.63) is 59.0 Å². The first-order valence-corrected chi connectivity index (χ1v) is 12.7. The Bertz CT molecular complexity index is 1170. The Balaban J connectivity index is 1.74. The van der Waals surface area contributed by atoms with E-state index in [-0.39, 0.29) is 10.8 Å². The largest absolute Gasteiger partial charge is 0.494 e. The lowest BCUT2D eigenvalue weighted by Crippen LogP contribution is -2.30. The molecule has 0 aliphatic rings. The van der Waals surface area contributed by atoms with E-state index in [4.69, 9.17) is 4.74 Å². The Morgan fingerprint density at radius 3 is 2.22 bits per heavy atom. The van der Waals surface area contributed by atoms with Crippen LogP contribution in [0.15, 0.2) is 53.4 Å². The second-order valence-electron chi connectivity index (χ2n) is 6.95. The van der Waals surface area contributed by atoms with Gasteiger partial charge in [0.2, 0.25) is 10.0 Å². The minimum atomic E-state index is -3.56. The molecule has 0 saturated heterocycles. The van der Waals surface area contributed by atoms with Crippen molar-refractivity contribution in [1.29, 1.82) is 0 Å². The van der Waals surface area contributed by atoms with Crippen molar-refractivity contribution in [2.24, 2.45) is 0 Å². The predicted molar refractivity (Wildman–Crippen MR) is 128 cm³/mol. The van der Waals surface area contributed by atoms with E-state index in [1.165, 1.54) is 39.9 Å². The first-order valence-electron chi connectivity index (χ1n) is 10.4. The monoisotopic (exact) mass is 473 g/mol. The quantitative estimate of drug-likeness (QED) is 0.482. The van der Waals surface area contributed by atoms with Gasteiger partial charge in [0.15, 0.2) is 5.13 Å². The number of carbonyl (C=O) groups excluding carboxylic acids is 1. The number of nitrogens with zero attached hydrogens (tertiary/aromatic N) is 2. The minimum absolute atomic E-state index is 0.167. The summed E-state index contributed by atoms with van der Waals surface area (Å²) in [6, 6.07) is 13.6. The minimum Gasteiger partial charge on any atom is -0.494 e. The van der Waals surface area contributed by atoms with Gasteiger partial charge in [-0.1, -0.05) is 13.8 Å². The number of hydrogen-bond acceptors (Lipinski definition) is 6. The number of amides is 1. The van der Waals surface area contributed by atoms with E-state index in [9.17, 15) is 13.2 Å². The van der Waals surface area contributed by atoms with E-state index >= 15 is 0 Å². The summed E-state index contributed by atoms with van der Waals surface area (Å²) < 4.78 is 32.1. The number of hydrogen-bond donors (Lipinski definition) is 1. The van der Waals surface area contributed by atoms with Gasteiger partial charge in [-0.15, -0.1) is 11.3 Å². The Labute approximate surface area is 193 Å². The van der Waals surface area contributed by atoms with Crippen LogP contribution >= 0.6 is 11.3 Å². The van der Waals surface area contributed by atoms with E-state index < -0.39 is 10.0 Å². The number of thiazole rings is 1. The summed E-state index contributed by atoms with van der Waals surface area (Å²) >= 11 is 1.39. The summed E-state index contributed by atoms with van der Waals surface area (Å²) in [4.78, 5) is 18.4. The Hall–Kier alpha value is -2.75. The van der Waals surface area contributed by atoms with Crippen LogP contribution < -0.4 is 10.1 Å². The fraction of sp³-hybridized carbons (Fsp3) is 0.304. The zero-order chi connectivity index (χ0) is 23.3. The molecule has 0 atom stereocenters. The summed E-state index contributed by atoms with van der Waals surface area (Å²) in [7, 11) is -3.56. The average Bonchev–Trinajstić information content (AvgIpc) is 3.15. The fourth-order valence-corrected chi connectivity index (χ4v) is 5.54. The summed E-state index contributed by atoms with van der Waals surface area (Å²) in [5, 5.41) is 3.29. The highest BCUT2D eigenvalue weighted by Crippen LogP contribution is 2.31. The van der Waals surface area contributed by atoms with Crippen molar-refractivity contribution in [2.45, 2.75) is 32.6 Å². The molecule has 0 bridgehead atoms. The highest BCUT2D eigenvalue weighted by Gasteiger charge is 2.22. The molecule has 1 heterocycles. The van der Waals surface area contributed by atoms with Crippen LogP contribution in [0.1, 0.15) is 36.0 Å². The number of ether oxygens (including phenoxy) is 1. The molecule has 0 spiro atoms. The highest BCUT2D eigenvalue weighted by molar-refractivity contribution is 7.89. The van der Waals surface area contributed by atoms with Gasteiger partial charge in [-0.25, -0.2) is 13.4 Å². The topological polar surface area (TPSA) is 88.6 Å². The average molecular weight is 474 g/mol. The van der Waals surface area contributed by atoms with Crippen LogP contribution in [0, 0.1) is 6.92 Å². The molecule has 32 heavy (non-hydrogen) atoms. The van der Waals surface area contributed by atoms with Gasteiger partial charge in [-0.05, 0) is 62.4 Å². The van der Waals surface area contributed by atoms with E-state index in [0.29, 0.717) is 30.4 Å². The number of aromatic nitrogens is 1. The zero-order valence-electron chi connectivity index (χ0n) is 18.6. The molecule has 0 fully saturated rings. The summed E-state index contributed by atoms with van der Waals surface area (Å²) in [5.41, 5.74) is 2.10. The van der Waals surface area contributed by atoms with Crippen molar-refractivity contribution in [1.82, 2.24) is 9.29 Å². The number of aryl methyl sites for hydroxylation is 1. The van der Waals surface area contributed by atoms with Crippen LogP contribution in [0.4, 0.5) is 5.13 Å². The first-order chi connectivity index (χ1) is 15.3. The number of sulfonamides is 1. The molecule has 0 saturated carbocycles. The molecule has 3 rings (SSSR count). The second kappa shape index (κ2) is 10.2. The van der Waals surface area contributed by atoms with Gasteiger partial charge in [-0.3, -0.25) is 10.1 Å². The van der Waals surface area contributed by atoms with Crippen LogP contribution in [0.3, 0.4) is 0 Å². The molecule has 2 aromatic carbocycles. The summed E-state index contributed by atoms with van der Waals surface area (Å²) in [5.74, 6) is 0.452. The third kappa shape index (κ3) is 5.17. The maximum absolute atomic E-state index is 12.7. The van der Waals surface area contributed by atoms with Gasteiger partial charge in [0.25, 0.3) is 5.91 Å². The maximum atomic E-state index is 12.7. The second-order valence-corrected chi connectivity index (χ2v) is 10.1. The van der Waals surface area contributed by atoms with Gasteiger partial charge >= 0.3 is 0 Å². The Kier molecular flexibility index (Phi) is 7.65. The molecule has 0 unspecified atom stereocenters. The van der Waals surface area contributed by atoms with Crippen LogP contribution in [-0.2, 0) is 10.0 Å². The molecule has 0 aliphatic carbocycles. The standard InChI is InChI=1S/C23H27N3O4S2/c1-5-26(6-2)32(28,29)20-14-10-18(11-15-20)22(27)25-23-24-21(16(4)31-23)17-8-12-19(13-9-17)30-7-3/h8-15H,5-7H2,1-4H3,(H,24,25,27). The third-order valence-corrected chi connectivity index (χ3v) is 7.87. The van der Waals surface area contributed by atoms with E-state index in [1.54, 1.807) is 13.8 Å². The van der Waals surface area contributed by atoms with Gasteiger partial charge in [-0.2, -0.15) is 4.31 Å².